The molecule has 0 bridgehead atoms. The second-order valence-corrected chi connectivity index (χ2v) is 8.69. The number of carbonyl (C=O) groups is 1. The van der Waals surface area contributed by atoms with E-state index in [0.29, 0.717) is 38.4 Å². The zero-order valence-electron chi connectivity index (χ0n) is 17.7. The van der Waals surface area contributed by atoms with Crippen molar-refractivity contribution in [2.75, 3.05) is 13.1 Å². The van der Waals surface area contributed by atoms with Gasteiger partial charge < -0.3 is 9.64 Å². The van der Waals surface area contributed by atoms with Gasteiger partial charge in [-0.1, -0.05) is 42.5 Å². The van der Waals surface area contributed by atoms with Gasteiger partial charge in [-0.3, -0.25) is 5.32 Å². The summed E-state index contributed by atoms with van der Waals surface area (Å²) in [6, 6.07) is 10.1. The topological polar surface area (TPSA) is 85.2 Å². The molecule has 1 amide bonds. The molecule has 1 unspecified atom stereocenters. The number of amides is 1. The Morgan fingerprint density at radius 3 is 2.69 bits per heavy atom. The smallest absolute Gasteiger partial charge is 0.410 e. The molecule has 1 aromatic carbocycles. The molecule has 0 saturated carbocycles. The summed E-state index contributed by atoms with van der Waals surface area (Å²) in [5.74, 6) is 0.711. The number of allylic oxidation sites excluding steroid dienone is 1. The Kier molecular flexibility index (Phi) is 6.02. The van der Waals surface area contributed by atoms with Crippen molar-refractivity contribution < 1.29 is 9.53 Å². The first-order valence-electron chi connectivity index (χ1n) is 9.86. The SMILES string of the molecule is C=C(C)Cn1nnnc1C1(NCc2ccccc2)CCN(C(=O)OC(C)(C)C)C1. The molecule has 2 aromatic rings. The van der Waals surface area contributed by atoms with Gasteiger partial charge in [0, 0.05) is 19.6 Å². The Morgan fingerprint density at radius 2 is 2.03 bits per heavy atom. The van der Waals surface area contributed by atoms with Crippen LogP contribution < -0.4 is 5.32 Å². The largest absolute Gasteiger partial charge is 0.444 e. The summed E-state index contributed by atoms with van der Waals surface area (Å²) in [5, 5.41) is 16.0. The Hall–Kier alpha value is -2.74. The molecule has 1 aliphatic rings. The number of likely N-dealkylation sites (tertiary alicyclic amines) is 1. The fourth-order valence-electron chi connectivity index (χ4n) is 3.47. The molecular formula is C21H30N6O2. The van der Waals surface area contributed by atoms with E-state index in [-0.39, 0.29) is 6.09 Å². The molecule has 1 N–H and O–H groups in total. The molecular weight excluding hydrogens is 368 g/mol. The first-order valence-corrected chi connectivity index (χ1v) is 9.86. The van der Waals surface area contributed by atoms with E-state index in [9.17, 15) is 4.79 Å². The number of carbonyl (C=O) groups excluding carboxylic acids is 1. The highest BCUT2D eigenvalue weighted by Crippen LogP contribution is 2.32. The van der Waals surface area contributed by atoms with Crippen molar-refractivity contribution in [3.05, 3.63) is 53.9 Å². The maximum atomic E-state index is 12.7. The average Bonchev–Trinajstić information content (AvgIpc) is 3.27. The zero-order valence-corrected chi connectivity index (χ0v) is 17.7. The number of hydrogen-bond donors (Lipinski definition) is 1. The van der Waals surface area contributed by atoms with E-state index in [2.05, 4.69) is 39.6 Å². The molecule has 1 fully saturated rings. The molecule has 1 aromatic heterocycles. The number of nitrogens with one attached hydrogen (secondary N) is 1. The number of hydrogen-bond acceptors (Lipinski definition) is 6. The van der Waals surface area contributed by atoms with Gasteiger partial charge in [-0.15, -0.1) is 5.10 Å². The van der Waals surface area contributed by atoms with E-state index >= 15 is 0 Å². The molecule has 2 heterocycles. The summed E-state index contributed by atoms with van der Waals surface area (Å²) in [7, 11) is 0. The zero-order chi connectivity index (χ0) is 21.1. The average molecular weight is 399 g/mol. The van der Waals surface area contributed by atoms with Crippen molar-refractivity contribution in [3.63, 3.8) is 0 Å². The molecule has 1 saturated heterocycles. The molecule has 1 aliphatic heterocycles. The Balaban J connectivity index is 1.86. The molecule has 3 rings (SSSR count). The summed E-state index contributed by atoms with van der Waals surface area (Å²) in [6.07, 6.45) is 0.371. The molecule has 0 aliphatic carbocycles. The molecule has 0 spiro atoms. The van der Waals surface area contributed by atoms with Gasteiger partial charge in [-0.25, -0.2) is 9.48 Å². The van der Waals surface area contributed by atoms with Crippen LogP contribution in [0, 0.1) is 0 Å². The van der Waals surface area contributed by atoms with Crippen molar-refractivity contribution in [2.24, 2.45) is 0 Å². The van der Waals surface area contributed by atoms with E-state index in [0.717, 1.165) is 11.1 Å². The van der Waals surface area contributed by atoms with Gasteiger partial charge in [0.1, 0.15) is 11.1 Å². The molecule has 1 atom stereocenters. The summed E-state index contributed by atoms with van der Waals surface area (Å²) in [4.78, 5) is 14.4. The van der Waals surface area contributed by atoms with Gasteiger partial charge >= 0.3 is 6.09 Å². The highest BCUT2D eigenvalue weighted by molar-refractivity contribution is 5.68. The maximum Gasteiger partial charge on any atom is 0.410 e. The fourth-order valence-corrected chi connectivity index (χ4v) is 3.47. The highest BCUT2D eigenvalue weighted by atomic mass is 16.6. The van der Waals surface area contributed by atoms with Crippen LogP contribution in [0.1, 0.15) is 45.5 Å². The van der Waals surface area contributed by atoms with Crippen LogP contribution >= 0.6 is 0 Å². The van der Waals surface area contributed by atoms with E-state index < -0.39 is 11.1 Å². The molecule has 29 heavy (non-hydrogen) atoms. The Labute approximate surface area is 171 Å². The van der Waals surface area contributed by atoms with Gasteiger partial charge in [0.15, 0.2) is 5.82 Å². The fraction of sp³-hybridized carbons (Fsp3) is 0.524. The van der Waals surface area contributed by atoms with Gasteiger partial charge in [0.05, 0.1) is 6.54 Å². The lowest BCUT2D eigenvalue weighted by Crippen LogP contribution is -2.48. The quantitative estimate of drug-likeness (QED) is 0.753. The second kappa shape index (κ2) is 8.32. The summed E-state index contributed by atoms with van der Waals surface area (Å²) in [6.45, 7) is 13.7. The van der Waals surface area contributed by atoms with E-state index in [1.807, 2.05) is 45.9 Å². The third-order valence-electron chi connectivity index (χ3n) is 4.77. The Bertz CT molecular complexity index is 858. The van der Waals surface area contributed by atoms with Crippen LogP contribution in [0.2, 0.25) is 0 Å². The predicted molar refractivity (Wildman–Crippen MR) is 110 cm³/mol. The number of ether oxygens (including phenoxy) is 1. The van der Waals surface area contributed by atoms with Crippen molar-refractivity contribution in [3.8, 4) is 0 Å². The molecule has 156 valence electrons. The summed E-state index contributed by atoms with van der Waals surface area (Å²) in [5.41, 5.74) is 1.01. The Morgan fingerprint density at radius 1 is 1.31 bits per heavy atom. The molecule has 8 nitrogen and oxygen atoms in total. The van der Waals surface area contributed by atoms with Crippen LogP contribution in [0.25, 0.3) is 0 Å². The number of nitrogens with zero attached hydrogens (tertiary/aromatic N) is 5. The summed E-state index contributed by atoms with van der Waals surface area (Å²) >= 11 is 0. The van der Waals surface area contributed by atoms with Gasteiger partial charge in [-0.05, 0) is 50.1 Å². The minimum absolute atomic E-state index is 0.320. The lowest BCUT2D eigenvalue weighted by Gasteiger charge is -2.30. The lowest BCUT2D eigenvalue weighted by atomic mass is 9.96. The minimum atomic E-state index is -0.564. The molecule has 0 radical (unpaired) electrons. The van der Waals surface area contributed by atoms with Crippen molar-refractivity contribution in [1.82, 2.24) is 30.4 Å². The lowest BCUT2D eigenvalue weighted by molar-refractivity contribution is 0.0278. The van der Waals surface area contributed by atoms with Crippen molar-refractivity contribution in [1.29, 1.82) is 0 Å². The van der Waals surface area contributed by atoms with E-state index in [4.69, 9.17) is 4.74 Å². The number of benzene rings is 1. The van der Waals surface area contributed by atoms with E-state index in [1.165, 1.54) is 0 Å². The number of rotatable bonds is 6. The third kappa shape index (κ3) is 5.20. The normalized spacial score (nSPS) is 19.4. The third-order valence-corrected chi connectivity index (χ3v) is 4.77. The van der Waals surface area contributed by atoms with Crippen LogP contribution in [0.4, 0.5) is 4.79 Å². The van der Waals surface area contributed by atoms with E-state index in [1.54, 1.807) is 9.58 Å². The minimum Gasteiger partial charge on any atom is -0.444 e. The highest BCUT2D eigenvalue weighted by Gasteiger charge is 2.46. The second-order valence-electron chi connectivity index (χ2n) is 8.69. The molecule has 8 heteroatoms. The van der Waals surface area contributed by atoms with Gasteiger partial charge in [0.25, 0.3) is 0 Å². The standard InChI is InChI=1S/C21H30N6O2/c1-16(2)14-27-18(23-24-25-27)21(22-13-17-9-7-6-8-10-17)11-12-26(15-21)19(28)29-20(3,4)5/h6-10,22H,1,11-15H2,2-5H3. The van der Waals surface area contributed by atoms with Crippen molar-refractivity contribution >= 4 is 6.09 Å². The first kappa shape index (κ1) is 21.0. The van der Waals surface area contributed by atoms with Crippen LogP contribution in [0.15, 0.2) is 42.5 Å². The van der Waals surface area contributed by atoms with Crippen LogP contribution in [0.3, 0.4) is 0 Å². The first-order chi connectivity index (χ1) is 13.7. The van der Waals surface area contributed by atoms with Crippen LogP contribution in [-0.2, 0) is 23.4 Å². The van der Waals surface area contributed by atoms with Gasteiger partial charge in [0.2, 0.25) is 0 Å². The monoisotopic (exact) mass is 398 g/mol. The van der Waals surface area contributed by atoms with Gasteiger partial charge in [-0.2, -0.15) is 0 Å². The number of aromatic nitrogens is 4. The predicted octanol–water partition coefficient (Wildman–Crippen LogP) is 2.88. The van der Waals surface area contributed by atoms with Crippen LogP contribution in [-0.4, -0.2) is 49.9 Å². The number of tetrazole rings is 1. The van der Waals surface area contributed by atoms with Crippen LogP contribution in [0.5, 0.6) is 0 Å². The summed E-state index contributed by atoms with van der Waals surface area (Å²) < 4.78 is 7.34. The van der Waals surface area contributed by atoms with Crippen molar-refractivity contribution in [2.45, 2.75) is 58.3 Å². The maximum absolute atomic E-state index is 12.7.